The standard InChI is InChI=1S/C15H20N2O2S2/c1-20-15-6-2-5-14(15)17-21(18,19)13-9-7-12(8-10-13)4-3-11-16/h7-10,14-15,17H,2,5-6,11,16H2,1H3. The third kappa shape index (κ3) is 4.24. The van der Waals surface area contributed by atoms with E-state index < -0.39 is 10.0 Å². The molecular weight excluding hydrogens is 304 g/mol. The Balaban J connectivity index is 2.12. The van der Waals surface area contributed by atoms with Crippen molar-refractivity contribution in [2.24, 2.45) is 5.73 Å². The first kappa shape index (κ1) is 16.4. The molecule has 1 aromatic rings. The van der Waals surface area contributed by atoms with Crippen LogP contribution >= 0.6 is 11.8 Å². The monoisotopic (exact) mass is 324 g/mol. The lowest BCUT2D eigenvalue weighted by Crippen LogP contribution is -2.38. The molecule has 21 heavy (non-hydrogen) atoms. The van der Waals surface area contributed by atoms with Crippen molar-refractivity contribution in [2.45, 2.75) is 35.4 Å². The molecular formula is C15H20N2O2S2. The average molecular weight is 324 g/mol. The topological polar surface area (TPSA) is 72.2 Å². The number of nitrogens with two attached hydrogens (primary N) is 1. The fourth-order valence-corrected chi connectivity index (χ4v) is 4.81. The average Bonchev–Trinajstić information content (AvgIpc) is 2.92. The number of hydrogen-bond acceptors (Lipinski definition) is 4. The summed E-state index contributed by atoms with van der Waals surface area (Å²) in [5.74, 6) is 5.62. The largest absolute Gasteiger partial charge is 0.320 e. The van der Waals surface area contributed by atoms with E-state index in [1.165, 1.54) is 0 Å². The number of rotatable bonds is 4. The summed E-state index contributed by atoms with van der Waals surface area (Å²) in [7, 11) is -3.46. The zero-order valence-electron chi connectivity index (χ0n) is 12.0. The maximum absolute atomic E-state index is 12.4. The fraction of sp³-hybridized carbons (Fsp3) is 0.467. The number of hydrogen-bond donors (Lipinski definition) is 2. The Kier molecular flexibility index (Phi) is 5.71. The summed E-state index contributed by atoms with van der Waals surface area (Å²) in [6, 6.07) is 6.62. The highest BCUT2D eigenvalue weighted by molar-refractivity contribution is 7.99. The van der Waals surface area contributed by atoms with Crippen LogP contribution in [0.4, 0.5) is 0 Å². The van der Waals surface area contributed by atoms with Crippen molar-refractivity contribution in [2.75, 3.05) is 12.8 Å². The Morgan fingerprint density at radius 1 is 1.33 bits per heavy atom. The van der Waals surface area contributed by atoms with Crippen LogP contribution in [0.25, 0.3) is 0 Å². The van der Waals surface area contributed by atoms with Crippen LogP contribution in [0, 0.1) is 11.8 Å². The van der Waals surface area contributed by atoms with E-state index in [1.807, 2.05) is 6.26 Å². The van der Waals surface area contributed by atoms with E-state index in [2.05, 4.69) is 16.6 Å². The molecule has 1 fully saturated rings. The second kappa shape index (κ2) is 7.32. The molecule has 1 aliphatic rings. The van der Waals surface area contributed by atoms with Crippen molar-refractivity contribution in [1.29, 1.82) is 0 Å². The van der Waals surface area contributed by atoms with Crippen molar-refractivity contribution < 1.29 is 8.42 Å². The van der Waals surface area contributed by atoms with Gasteiger partial charge in [0.25, 0.3) is 0 Å². The summed E-state index contributed by atoms with van der Waals surface area (Å²) >= 11 is 1.73. The van der Waals surface area contributed by atoms with Gasteiger partial charge in [-0.1, -0.05) is 18.3 Å². The minimum atomic E-state index is -3.46. The minimum absolute atomic E-state index is 0.0294. The van der Waals surface area contributed by atoms with Crippen LogP contribution in [0.15, 0.2) is 29.2 Å². The Morgan fingerprint density at radius 2 is 2.05 bits per heavy atom. The van der Waals surface area contributed by atoms with Crippen LogP contribution in [0.1, 0.15) is 24.8 Å². The van der Waals surface area contributed by atoms with Gasteiger partial charge in [-0.15, -0.1) is 0 Å². The van der Waals surface area contributed by atoms with Gasteiger partial charge in [0.2, 0.25) is 10.0 Å². The van der Waals surface area contributed by atoms with Crippen molar-refractivity contribution >= 4 is 21.8 Å². The molecule has 4 nitrogen and oxygen atoms in total. The second-order valence-corrected chi connectivity index (χ2v) is 7.75. The molecule has 114 valence electrons. The highest BCUT2D eigenvalue weighted by atomic mass is 32.2. The van der Waals surface area contributed by atoms with Gasteiger partial charge in [0, 0.05) is 16.9 Å². The van der Waals surface area contributed by atoms with E-state index in [0.717, 1.165) is 24.8 Å². The molecule has 3 N–H and O–H groups in total. The van der Waals surface area contributed by atoms with Gasteiger partial charge >= 0.3 is 0 Å². The lowest BCUT2D eigenvalue weighted by atomic mass is 10.2. The van der Waals surface area contributed by atoms with Crippen LogP contribution in [-0.4, -0.2) is 32.5 Å². The van der Waals surface area contributed by atoms with Gasteiger partial charge in [0.1, 0.15) is 0 Å². The maximum atomic E-state index is 12.4. The molecule has 0 bridgehead atoms. The highest BCUT2D eigenvalue weighted by Crippen LogP contribution is 2.29. The predicted molar refractivity (Wildman–Crippen MR) is 87.6 cm³/mol. The van der Waals surface area contributed by atoms with Crippen molar-refractivity contribution in [3.63, 3.8) is 0 Å². The fourth-order valence-electron chi connectivity index (χ4n) is 2.48. The first-order valence-electron chi connectivity index (χ1n) is 6.91. The summed E-state index contributed by atoms with van der Waals surface area (Å²) in [6.45, 7) is 0.291. The van der Waals surface area contributed by atoms with E-state index >= 15 is 0 Å². The van der Waals surface area contributed by atoms with Crippen molar-refractivity contribution in [3.8, 4) is 11.8 Å². The highest BCUT2D eigenvalue weighted by Gasteiger charge is 2.30. The molecule has 0 radical (unpaired) electrons. The van der Waals surface area contributed by atoms with Crippen LogP contribution in [0.2, 0.25) is 0 Å². The summed E-state index contributed by atoms with van der Waals surface area (Å²) in [5.41, 5.74) is 6.08. The number of thioether (sulfide) groups is 1. The van der Waals surface area contributed by atoms with E-state index in [9.17, 15) is 8.42 Å². The van der Waals surface area contributed by atoms with E-state index in [1.54, 1.807) is 36.0 Å². The summed E-state index contributed by atoms with van der Waals surface area (Å²) in [4.78, 5) is 0.285. The molecule has 0 aliphatic heterocycles. The molecule has 6 heteroatoms. The lowest BCUT2D eigenvalue weighted by molar-refractivity contribution is 0.555. The van der Waals surface area contributed by atoms with Crippen molar-refractivity contribution in [1.82, 2.24) is 4.72 Å². The van der Waals surface area contributed by atoms with Crippen LogP contribution in [-0.2, 0) is 10.0 Å². The van der Waals surface area contributed by atoms with E-state index in [-0.39, 0.29) is 10.9 Å². The normalized spacial score (nSPS) is 21.8. The number of benzene rings is 1. The van der Waals surface area contributed by atoms with E-state index in [0.29, 0.717) is 11.8 Å². The third-order valence-corrected chi connectivity index (χ3v) is 6.24. The van der Waals surface area contributed by atoms with Crippen LogP contribution in [0.5, 0.6) is 0 Å². The second-order valence-electron chi connectivity index (χ2n) is 4.96. The van der Waals surface area contributed by atoms with Gasteiger partial charge in [-0.05, 0) is 43.4 Å². The molecule has 2 atom stereocenters. The summed E-state index contributed by atoms with van der Waals surface area (Å²) in [6.07, 6.45) is 5.08. The molecule has 2 rings (SSSR count). The first-order chi connectivity index (χ1) is 10.1. The Labute approximate surface area is 130 Å². The Hall–Kier alpha value is -1.00. The molecule has 0 saturated heterocycles. The minimum Gasteiger partial charge on any atom is -0.320 e. The smallest absolute Gasteiger partial charge is 0.240 e. The molecule has 1 aromatic carbocycles. The SMILES string of the molecule is CSC1CCCC1NS(=O)(=O)c1ccc(C#CCN)cc1. The molecule has 0 aromatic heterocycles. The number of sulfonamides is 1. The Bertz CT molecular complexity index is 630. The first-order valence-corrected chi connectivity index (χ1v) is 9.68. The van der Waals surface area contributed by atoms with Gasteiger partial charge in [-0.25, -0.2) is 13.1 Å². The van der Waals surface area contributed by atoms with Crippen LogP contribution < -0.4 is 10.5 Å². The van der Waals surface area contributed by atoms with Crippen molar-refractivity contribution in [3.05, 3.63) is 29.8 Å². The molecule has 2 unspecified atom stereocenters. The quantitative estimate of drug-likeness (QED) is 0.825. The van der Waals surface area contributed by atoms with Crippen LogP contribution in [0.3, 0.4) is 0 Å². The zero-order chi connectivity index (χ0) is 15.3. The lowest BCUT2D eigenvalue weighted by Gasteiger charge is -2.19. The zero-order valence-corrected chi connectivity index (χ0v) is 13.6. The summed E-state index contributed by atoms with van der Waals surface area (Å²) in [5, 5.41) is 0.370. The summed E-state index contributed by atoms with van der Waals surface area (Å²) < 4.78 is 27.6. The van der Waals surface area contributed by atoms with E-state index in [4.69, 9.17) is 5.73 Å². The van der Waals surface area contributed by atoms with Gasteiger partial charge < -0.3 is 5.73 Å². The molecule has 0 spiro atoms. The molecule has 0 heterocycles. The predicted octanol–water partition coefficient (Wildman–Crippen LogP) is 1.56. The van der Waals surface area contributed by atoms with Gasteiger partial charge in [0.05, 0.1) is 11.4 Å². The van der Waals surface area contributed by atoms with Gasteiger partial charge in [-0.3, -0.25) is 0 Å². The van der Waals surface area contributed by atoms with Gasteiger partial charge in [0.15, 0.2) is 0 Å². The third-order valence-electron chi connectivity index (χ3n) is 3.56. The Morgan fingerprint density at radius 3 is 2.67 bits per heavy atom. The number of nitrogens with one attached hydrogen (secondary N) is 1. The maximum Gasteiger partial charge on any atom is 0.240 e. The van der Waals surface area contributed by atoms with Gasteiger partial charge in [-0.2, -0.15) is 11.8 Å². The molecule has 1 saturated carbocycles. The molecule has 0 amide bonds. The molecule has 1 aliphatic carbocycles.